The van der Waals surface area contributed by atoms with Gasteiger partial charge in [-0.25, -0.2) is 4.99 Å². The van der Waals surface area contributed by atoms with E-state index in [2.05, 4.69) is 47.4 Å². The first kappa shape index (κ1) is 34.4. The number of Topliss-reactive ketones (excluding diaryl/α,β-unsaturated/α-hetero) is 1. The Morgan fingerprint density at radius 1 is 1.36 bits per heavy atom. The van der Waals surface area contributed by atoms with Crippen LogP contribution in [-0.2, 0) is 19.1 Å². The predicted molar refractivity (Wildman–Crippen MR) is 169 cm³/mol. The second-order valence-electron chi connectivity index (χ2n) is 10.3. The number of nitrogens with two attached hydrogens (primary N) is 1. The molecule has 3 N–H and O–H groups in total. The zero-order valence-electron chi connectivity index (χ0n) is 25.7. The molecule has 1 unspecified atom stereocenters. The van der Waals surface area contributed by atoms with Crippen molar-refractivity contribution in [3.05, 3.63) is 60.4 Å². The Morgan fingerprint density at radius 2 is 2.07 bits per heavy atom. The SMILES string of the molecule is C=CC(=O)N(C)C(COC)C(=O)C/C=C/C=C(/CC)C(=C)CN=C(N)n1ncc(C(C)C)c1NC=NC1CCOCC1. The zero-order chi connectivity index (χ0) is 31.1. The third-order valence-electron chi connectivity index (χ3n) is 7.02. The van der Waals surface area contributed by atoms with E-state index >= 15 is 0 Å². The molecule has 0 aromatic carbocycles. The quantitative estimate of drug-likeness (QED) is 0.131. The Kier molecular flexibility index (Phi) is 14.6. The molecule has 1 aliphatic rings. The molecule has 1 aromatic heterocycles. The summed E-state index contributed by atoms with van der Waals surface area (Å²) in [6.45, 7) is 15.7. The summed E-state index contributed by atoms with van der Waals surface area (Å²) in [4.78, 5) is 35.2. The number of ketones is 1. The van der Waals surface area contributed by atoms with Crippen LogP contribution in [0.1, 0.15) is 57.9 Å². The Bertz CT molecular complexity index is 1190. The lowest BCUT2D eigenvalue weighted by Gasteiger charge is -2.25. The van der Waals surface area contributed by atoms with Crippen molar-refractivity contribution in [1.29, 1.82) is 0 Å². The number of amides is 1. The molecule has 1 fully saturated rings. The van der Waals surface area contributed by atoms with Crippen LogP contribution in [0.2, 0.25) is 0 Å². The van der Waals surface area contributed by atoms with E-state index < -0.39 is 6.04 Å². The molecule has 42 heavy (non-hydrogen) atoms. The van der Waals surface area contributed by atoms with Crippen LogP contribution in [0, 0.1) is 0 Å². The van der Waals surface area contributed by atoms with Gasteiger partial charge in [0.15, 0.2) is 5.78 Å². The number of rotatable bonds is 16. The number of aliphatic imine (C=N–C) groups is 2. The van der Waals surface area contributed by atoms with Gasteiger partial charge in [-0.15, -0.1) is 0 Å². The summed E-state index contributed by atoms with van der Waals surface area (Å²) in [5, 5.41) is 7.74. The number of carbonyl (C=O) groups is 2. The van der Waals surface area contributed by atoms with Crippen molar-refractivity contribution in [2.24, 2.45) is 15.7 Å². The van der Waals surface area contributed by atoms with Crippen molar-refractivity contribution < 1.29 is 19.1 Å². The minimum Gasteiger partial charge on any atom is -0.382 e. The molecule has 0 bridgehead atoms. The van der Waals surface area contributed by atoms with Crippen LogP contribution in [0.3, 0.4) is 0 Å². The van der Waals surface area contributed by atoms with E-state index in [4.69, 9.17) is 15.2 Å². The van der Waals surface area contributed by atoms with E-state index in [-0.39, 0.29) is 49.2 Å². The number of methoxy groups -OCH3 is 1. The topological polar surface area (TPSA) is 136 Å². The fraction of sp³-hybridized carbons (Fsp3) is 0.516. The summed E-state index contributed by atoms with van der Waals surface area (Å²) in [5.74, 6) is 0.736. The molecule has 0 aliphatic carbocycles. The Balaban J connectivity index is 2.07. The third kappa shape index (κ3) is 10.2. The number of nitrogens with zero attached hydrogens (tertiary/aromatic N) is 5. The number of likely N-dealkylation sites (N-methyl/N-ethyl adjacent to an activating group) is 1. The molecule has 11 nitrogen and oxygen atoms in total. The maximum atomic E-state index is 12.7. The summed E-state index contributed by atoms with van der Waals surface area (Å²) in [6, 6.07) is -0.446. The lowest BCUT2D eigenvalue weighted by Crippen LogP contribution is -2.44. The third-order valence-corrected chi connectivity index (χ3v) is 7.02. The Hall–Kier alpha value is -3.83. The smallest absolute Gasteiger partial charge is 0.246 e. The van der Waals surface area contributed by atoms with Crippen molar-refractivity contribution in [2.45, 2.75) is 64.5 Å². The van der Waals surface area contributed by atoms with Crippen molar-refractivity contribution in [3.8, 4) is 0 Å². The fourth-order valence-corrected chi connectivity index (χ4v) is 4.35. The predicted octanol–water partition coefficient (Wildman–Crippen LogP) is 3.86. The van der Waals surface area contributed by atoms with Crippen LogP contribution in [0.4, 0.5) is 5.82 Å². The summed E-state index contributed by atoms with van der Waals surface area (Å²) in [5.41, 5.74) is 9.16. The van der Waals surface area contributed by atoms with Gasteiger partial charge in [-0.3, -0.25) is 14.6 Å². The molecule has 1 aliphatic heterocycles. The summed E-state index contributed by atoms with van der Waals surface area (Å²) >= 11 is 0. The summed E-state index contributed by atoms with van der Waals surface area (Å²) in [6.07, 6.45) is 12.9. The first-order valence-corrected chi connectivity index (χ1v) is 14.3. The average Bonchev–Trinajstić information content (AvgIpc) is 3.42. The van der Waals surface area contributed by atoms with E-state index in [9.17, 15) is 9.59 Å². The number of carbonyl (C=O) groups excluding carboxylic acids is 2. The fourth-order valence-electron chi connectivity index (χ4n) is 4.35. The highest BCUT2D eigenvalue weighted by Gasteiger charge is 2.24. The number of hydrogen-bond donors (Lipinski definition) is 2. The van der Waals surface area contributed by atoms with Gasteiger partial charge in [0.1, 0.15) is 11.9 Å². The number of anilines is 1. The molecule has 2 heterocycles. The molecular weight excluding hydrogens is 534 g/mol. The van der Waals surface area contributed by atoms with Gasteiger partial charge in [-0.1, -0.05) is 52.2 Å². The Labute approximate surface area is 249 Å². The maximum Gasteiger partial charge on any atom is 0.246 e. The highest BCUT2D eigenvalue weighted by Crippen LogP contribution is 2.23. The van der Waals surface area contributed by atoms with Gasteiger partial charge in [0.25, 0.3) is 0 Å². The zero-order valence-corrected chi connectivity index (χ0v) is 25.7. The molecule has 11 heteroatoms. The highest BCUT2D eigenvalue weighted by molar-refractivity contribution is 5.93. The van der Waals surface area contributed by atoms with Gasteiger partial charge in [0.2, 0.25) is 11.9 Å². The second-order valence-corrected chi connectivity index (χ2v) is 10.3. The number of hydrogen-bond acceptors (Lipinski definition) is 7. The van der Waals surface area contributed by atoms with Crippen molar-refractivity contribution in [2.75, 3.05) is 45.8 Å². The highest BCUT2D eigenvalue weighted by atomic mass is 16.5. The van der Waals surface area contributed by atoms with Crippen LogP contribution in [0.5, 0.6) is 0 Å². The van der Waals surface area contributed by atoms with E-state index in [1.165, 1.54) is 18.1 Å². The maximum absolute atomic E-state index is 12.7. The Morgan fingerprint density at radius 3 is 2.69 bits per heavy atom. The molecular formula is C31H47N7O4. The first-order valence-electron chi connectivity index (χ1n) is 14.3. The van der Waals surface area contributed by atoms with E-state index in [0.29, 0.717) is 0 Å². The molecule has 230 valence electrons. The normalized spacial score (nSPS) is 15.9. The molecule has 1 aromatic rings. The van der Waals surface area contributed by atoms with Gasteiger partial charge in [0.05, 0.1) is 31.7 Å². The van der Waals surface area contributed by atoms with Gasteiger partial charge < -0.3 is 25.4 Å². The molecule has 0 saturated carbocycles. The van der Waals surface area contributed by atoms with Gasteiger partial charge in [0, 0.05) is 39.4 Å². The van der Waals surface area contributed by atoms with Crippen LogP contribution in [0.25, 0.3) is 0 Å². The minimum atomic E-state index is -0.682. The van der Waals surface area contributed by atoms with Crippen molar-refractivity contribution >= 4 is 29.8 Å². The van der Waals surface area contributed by atoms with Crippen molar-refractivity contribution in [1.82, 2.24) is 14.7 Å². The summed E-state index contributed by atoms with van der Waals surface area (Å²) < 4.78 is 12.1. The lowest BCUT2D eigenvalue weighted by atomic mass is 10.0. The monoisotopic (exact) mass is 581 g/mol. The summed E-state index contributed by atoms with van der Waals surface area (Å²) in [7, 11) is 3.06. The number of aromatic nitrogens is 2. The van der Waals surface area contributed by atoms with Crippen LogP contribution >= 0.6 is 0 Å². The molecule has 2 rings (SSSR count). The first-order chi connectivity index (χ1) is 20.1. The van der Waals surface area contributed by atoms with E-state index in [1.807, 2.05) is 19.1 Å². The number of nitrogens with one attached hydrogen (secondary N) is 1. The molecule has 1 atom stereocenters. The van der Waals surface area contributed by atoms with Gasteiger partial charge in [-0.2, -0.15) is 9.78 Å². The average molecular weight is 582 g/mol. The van der Waals surface area contributed by atoms with E-state index in [1.54, 1.807) is 30.3 Å². The van der Waals surface area contributed by atoms with Gasteiger partial charge in [-0.05, 0) is 42.4 Å². The molecule has 0 spiro atoms. The lowest BCUT2D eigenvalue weighted by molar-refractivity contribution is -0.136. The van der Waals surface area contributed by atoms with Crippen LogP contribution in [0.15, 0.2) is 64.8 Å². The minimum absolute atomic E-state index is 0.115. The van der Waals surface area contributed by atoms with Crippen LogP contribution < -0.4 is 11.1 Å². The number of allylic oxidation sites excluding steroid dienone is 3. The van der Waals surface area contributed by atoms with Crippen molar-refractivity contribution in [3.63, 3.8) is 0 Å². The molecule has 1 saturated heterocycles. The second kappa shape index (κ2) is 17.9. The molecule has 0 radical (unpaired) electrons. The largest absolute Gasteiger partial charge is 0.382 e. The van der Waals surface area contributed by atoms with Gasteiger partial charge >= 0.3 is 0 Å². The molecule has 1 amide bonds. The van der Waals surface area contributed by atoms with Crippen LogP contribution in [-0.4, -0.2) is 91.3 Å². The van der Waals surface area contributed by atoms with E-state index in [0.717, 1.165) is 55.0 Å². The standard InChI is InChI=1S/C31H47N7O4/c1-8-24(12-10-11-13-28(39)27(20-41-7)37(6)29(40)9-2)23(5)18-33-31(32)38-30(26(19-36-38)22(3)4)35-21-34-25-14-16-42-17-15-25/h9-12,19,21-22,25,27H,2,5,8,13-18,20H2,1,3-4,6-7H3,(H2,32,33)(H,34,35)/b11-10+,24-12-. The number of ether oxygens (including phenoxy) is 2.